The van der Waals surface area contributed by atoms with Crippen molar-refractivity contribution in [3.63, 3.8) is 0 Å². The Morgan fingerprint density at radius 1 is 1.67 bits per heavy atom. The van der Waals surface area contributed by atoms with Gasteiger partial charge in [-0.2, -0.15) is 0 Å². The van der Waals surface area contributed by atoms with Crippen molar-refractivity contribution in [2.45, 2.75) is 31.3 Å². The first-order chi connectivity index (χ1) is 7.19. The zero-order valence-corrected chi connectivity index (χ0v) is 9.11. The molecule has 3 atom stereocenters. The quantitative estimate of drug-likeness (QED) is 0.564. The largest absolute Gasteiger partial charge is 0.396 e. The fraction of sp³-hybridized carbons (Fsp3) is 0.900. The van der Waals surface area contributed by atoms with E-state index in [0.717, 1.165) is 19.3 Å². The molecule has 0 radical (unpaired) electrons. The van der Waals surface area contributed by atoms with Crippen LogP contribution in [0.1, 0.15) is 19.3 Å². The molecule has 4 N–H and O–H groups in total. The summed E-state index contributed by atoms with van der Waals surface area (Å²) in [6.45, 7) is 0.354. The predicted octanol–water partition coefficient (Wildman–Crippen LogP) is -0.763. The normalized spacial score (nSPS) is 27.7. The van der Waals surface area contributed by atoms with Gasteiger partial charge in [0.1, 0.15) is 6.04 Å². The third-order valence-corrected chi connectivity index (χ3v) is 2.90. The maximum absolute atomic E-state index is 11.6. The number of hydrogen-bond donors (Lipinski definition) is 3. The zero-order chi connectivity index (χ0) is 11.3. The lowest BCUT2D eigenvalue weighted by molar-refractivity contribution is -0.124. The molecule has 5 heteroatoms. The van der Waals surface area contributed by atoms with Crippen LogP contribution in [-0.4, -0.2) is 43.4 Å². The number of aliphatic hydroxyl groups is 1. The number of carbonyl (C=O) groups is 1. The molecule has 0 spiro atoms. The van der Waals surface area contributed by atoms with E-state index < -0.39 is 6.04 Å². The van der Waals surface area contributed by atoms with Gasteiger partial charge in [0.15, 0.2) is 0 Å². The van der Waals surface area contributed by atoms with Gasteiger partial charge in [-0.1, -0.05) is 6.42 Å². The Labute approximate surface area is 90.0 Å². The molecule has 0 bridgehead atoms. The molecular weight excluding hydrogens is 196 g/mol. The Kier molecular flexibility index (Phi) is 5.01. The first-order valence-electron chi connectivity index (χ1n) is 5.34. The monoisotopic (exact) mass is 216 g/mol. The van der Waals surface area contributed by atoms with Gasteiger partial charge in [-0.05, 0) is 12.8 Å². The van der Waals surface area contributed by atoms with E-state index in [1.54, 1.807) is 0 Å². The molecule has 3 unspecified atom stereocenters. The van der Waals surface area contributed by atoms with E-state index in [1.165, 1.54) is 7.11 Å². The number of ether oxygens (including phenoxy) is 1. The lowest BCUT2D eigenvalue weighted by Gasteiger charge is -2.21. The standard InChI is InChI=1S/C10H20N2O3/c1-15-6-8(11)10(14)12-9-4-2-3-7(9)5-13/h7-9,13H,2-6,11H2,1H3,(H,12,14). The summed E-state index contributed by atoms with van der Waals surface area (Å²) in [5, 5.41) is 11.9. The number of hydrogen-bond acceptors (Lipinski definition) is 4. The third-order valence-electron chi connectivity index (χ3n) is 2.90. The van der Waals surface area contributed by atoms with Crippen LogP contribution in [0.3, 0.4) is 0 Å². The molecule has 1 saturated carbocycles. The Morgan fingerprint density at radius 3 is 3.00 bits per heavy atom. The van der Waals surface area contributed by atoms with Crippen LogP contribution in [0.5, 0.6) is 0 Å². The van der Waals surface area contributed by atoms with E-state index in [0.29, 0.717) is 0 Å². The Balaban J connectivity index is 2.36. The van der Waals surface area contributed by atoms with E-state index in [1.807, 2.05) is 0 Å². The molecule has 0 aliphatic heterocycles. The van der Waals surface area contributed by atoms with Gasteiger partial charge in [0.25, 0.3) is 0 Å². The van der Waals surface area contributed by atoms with Crippen molar-refractivity contribution in [2.75, 3.05) is 20.3 Å². The molecule has 88 valence electrons. The van der Waals surface area contributed by atoms with Crippen molar-refractivity contribution in [3.8, 4) is 0 Å². The SMILES string of the molecule is COCC(N)C(=O)NC1CCCC1CO. The molecule has 5 nitrogen and oxygen atoms in total. The second kappa shape index (κ2) is 6.05. The number of methoxy groups -OCH3 is 1. The van der Waals surface area contributed by atoms with E-state index in [9.17, 15) is 4.79 Å². The van der Waals surface area contributed by atoms with E-state index >= 15 is 0 Å². The predicted molar refractivity (Wildman–Crippen MR) is 56.2 cm³/mol. The van der Waals surface area contributed by atoms with E-state index in [4.69, 9.17) is 15.6 Å². The summed E-state index contributed by atoms with van der Waals surface area (Å²) in [6, 6.07) is -0.541. The minimum Gasteiger partial charge on any atom is -0.396 e. The molecule has 0 saturated heterocycles. The topological polar surface area (TPSA) is 84.6 Å². The van der Waals surface area contributed by atoms with E-state index in [2.05, 4.69) is 5.32 Å². The van der Waals surface area contributed by atoms with Crippen molar-refractivity contribution < 1.29 is 14.6 Å². The van der Waals surface area contributed by atoms with Crippen LogP contribution in [0, 0.1) is 5.92 Å². The van der Waals surface area contributed by atoms with Gasteiger partial charge in [-0.25, -0.2) is 0 Å². The van der Waals surface area contributed by atoms with Crippen LogP contribution in [0.25, 0.3) is 0 Å². The van der Waals surface area contributed by atoms with Crippen LogP contribution in [-0.2, 0) is 9.53 Å². The highest BCUT2D eigenvalue weighted by Crippen LogP contribution is 2.24. The molecule has 1 rings (SSSR count). The number of nitrogens with one attached hydrogen (secondary N) is 1. The summed E-state index contributed by atoms with van der Waals surface area (Å²) < 4.78 is 4.81. The lowest BCUT2D eigenvalue weighted by Crippen LogP contribution is -2.48. The molecular formula is C10H20N2O3. The summed E-state index contributed by atoms with van der Waals surface area (Å²) in [4.78, 5) is 11.6. The van der Waals surface area contributed by atoms with Gasteiger partial charge < -0.3 is 20.9 Å². The minimum absolute atomic E-state index is 0.0745. The summed E-state index contributed by atoms with van der Waals surface area (Å²) in [5.41, 5.74) is 5.59. The first kappa shape index (κ1) is 12.4. The highest BCUT2D eigenvalue weighted by molar-refractivity contribution is 5.81. The zero-order valence-electron chi connectivity index (χ0n) is 9.11. The van der Waals surface area contributed by atoms with Crippen LogP contribution in [0.2, 0.25) is 0 Å². The molecule has 0 heterocycles. The van der Waals surface area contributed by atoms with Crippen molar-refractivity contribution in [1.29, 1.82) is 0 Å². The smallest absolute Gasteiger partial charge is 0.239 e. The summed E-state index contributed by atoms with van der Waals surface area (Å²) in [6.07, 6.45) is 2.95. The Hall–Kier alpha value is -0.650. The second-order valence-electron chi connectivity index (χ2n) is 4.05. The number of rotatable bonds is 5. The summed E-state index contributed by atoms with van der Waals surface area (Å²) in [5.74, 6) is -0.00843. The first-order valence-corrected chi connectivity index (χ1v) is 5.34. The van der Waals surface area contributed by atoms with Crippen LogP contribution >= 0.6 is 0 Å². The molecule has 1 fully saturated rings. The van der Waals surface area contributed by atoms with Crippen LogP contribution in [0.4, 0.5) is 0 Å². The van der Waals surface area contributed by atoms with Gasteiger partial charge in [-0.15, -0.1) is 0 Å². The highest BCUT2D eigenvalue weighted by Gasteiger charge is 2.29. The van der Waals surface area contributed by atoms with Crippen molar-refractivity contribution in [3.05, 3.63) is 0 Å². The Bertz CT molecular complexity index is 211. The number of nitrogens with two attached hydrogens (primary N) is 1. The second-order valence-corrected chi connectivity index (χ2v) is 4.05. The number of amides is 1. The molecule has 1 amide bonds. The van der Waals surface area contributed by atoms with Crippen molar-refractivity contribution in [1.82, 2.24) is 5.32 Å². The average molecular weight is 216 g/mol. The van der Waals surface area contributed by atoms with Crippen molar-refractivity contribution >= 4 is 5.91 Å². The van der Waals surface area contributed by atoms with Gasteiger partial charge >= 0.3 is 0 Å². The summed E-state index contributed by atoms with van der Waals surface area (Å²) in [7, 11) is 1.51. The third kappa shape index (κ3) is 3.44. The molecule has 1 aliphatic rings. The molecule has 1 aliphatic carbocycles. The van der Waals surface area contributed by atoms with Gasteiger partial charge in [-0.3, -0.25) is 4.79 Å². The fourth-order valence-electron chi connectivity index (χ4n) is 1.99. The maximum Gasteiger partial charge on any atom is 0.239 e. The maximum atomic E-state index is 11.6. The van der Waals surface area contributed by atoms with Crippen LogP contribution < -0.4 is 11.1 Å². The minimum atomic E-state index is -0.616. The number of aliphatic hydroxyl groups excluding tert-OH is 1. The lowest BCUT2D eigenvalue weighted by atomic mass is 10.0. The molecule has 15 heavy (non-hydrogen) atoms. The summed E-state index contributed by atoms with van der Waals surface area (Å²) >= 11 is 0. The van der Waals surface area contributed by atoms with E-state index in [-0.39, 0.29) is 31.1 Å². The molecule has 0 aromatic rings. The Morgan fingerprint density at radius 2 is 2.40 bits per heavy atom. The van der Waals surface area contributed by atoms with Gasteiger partial charge in [0.2, 0.25) is 5.91 Å². The average Bonchev–Trinajstić information content (AvgIpc) is 2.65. The molecule has 0 aromatic heterocycles. The van der Waals surface area contributed by atoms with Crippen LogP contribution in [0.15, 0.2) is 0 Å². The fourth-order valence-corrected chi connectivity index (χ4v) is 1.99. The van der Waals surface area contributed by atoms with Crippen molar-refractivity contribution in [2.24, 2.45) is 11.7 Å². The number of carbonyl (C=O) groups excluding carboxylic acids is 1. The highest BCUT2D eigenvalue weighted by atomic mass is 16.5. The van der Waals surface area contributed by atoms with Gasteiger partial charge in [0.05, 0.1) is 6.61 Å². The molecule has 0 aromatic carbocycles. The van der Waals surface area contributed by atoms with Gasteiger partial charge in [0, 0.05) is 25.7 Å².